The quantitative estimate of drug-likeness (QED) is 0.273. The smallest absolute Gasteiger partial charge is 0.228 e. The Kier molecular flexibility index (Phi) is 6.38. The molecule has 0 fully saturated rings. The van der Waals surface area contributed by atoms with E-state index in [2.05, 4.69) is 9.97 Å². The third-order valence-electron chi connectivity index (χ3n) is 5.24. The van der Waals surface area contributed by atoms with Crippen molar-refractivity contribution in [2.24, 2.45) is 0 Å². The maximum Gasteiger partial charge on any atom is 0.433 e. The van der Waals surface area contributed by atoms with Crippen LogP contribution < -0.4 is 0 Å². The van der Waals surface area contributed by atoms with Crippen molar-refractivity contribution < 1.29 is 34.8 Å². The Labute approximate surface area is 202 Å². The number of rotatable bonds is 4. The average molecular weight is 522 g/mol. The van der Waals surface area contributed by atoms with E-state index in [1.807, 2.05) is 0 Å². The first-order chi connectivity index (χ1) is 16.7. The molecule has 0 amide bonds. The Bertz CT molecular complexity index is 1520. The first kappa shape index (κ1) is 25.4. The number of benzene rings is 3. The summed E-state index contributed by atoms with van der Waals surface area (Å²) in [6.45, 7) is 0. The van der Waals surface area contributed by atoms with Crippen LogP contribution in [0.25, 0.3) is 33.8 Å². The lowest BCUT2D eigenvalue weighted by atomic mass is 10.0. The monoisotopic (exact) mass is 522 g/mol. The fourth-order valence-corrected chi connectivity index (χ4v) is 4.79. The molecule has 0 saturated carbocycles. The molecule has 11 heteroatoms. The van der Waals surface area contributed by atoms with Gasteiger partial charge in [0.1, 0.15) is 5.69 Å². The van der Waals surface area contributed by atoms with Crippen LogP contribution in [0.1, 0.15) is 11.3 Å². The number of halogens is 6. The highest BCUT2D eigenvalue weighted by molar-refractivity contribution is 7.91. The summed E-state index contributed by atoms with van der Waals surface area (Å²) < 4.78 is 106. The zero-order valence-corrected chi connectivity index (χ0v) is 19.2. The van der Waals surface area contributed by atoms with Crippen LogP contribution in [0.3, 0.4) is 0 Å². The van der Waals surface area contributed by atoms with E-state index in [0.29, 0.717) is 11.6 Å². The summed E-state index contributed by atoms with van der Waals surface area (Å²) in [5.74, 6) is -0.530. The molecule has 0 radical (unpaired) electrons. The molecule has 1 aromatic heterocycles. The average Bonchev–Trinajstić information content (AvgIpc) is 2.82. The molecule has 3 aromatic carbocycles. The lowest BCUT2D eigenvalue weighted by Gasteiger charge is -2.16. The highest BCUT2D eigenvalue weighted by atomic mass is 32.2. The molecule has 0 N–H and O–H groups in total. The third kappa shape index (κ3) is 5.25. The van der Waals surface area contributed by atoms with Gasteiger partial charge in [0.25, 0.3) is 0 Å². The Morgan fingerprint density at radius 1 is 0.667 bits per heavy atom. The van der Waals surface area contributed by atoms with Crippen LogP contribution in [0.2, 0.25) is 0 Å². The predicted octanol–water partition coefficient (Wildman–Crippen LogP) is 6.92. The summed E-state index contributed by atoms with van der Waals surface area (Å²) in [5.41, 5.74) is -2.11. The highest BCUT2D eigenvalue weighted by Gasteiger charge is 2.35. The SMILES string of the molecule is CS(=O)(=O)c1c(-c2ccccc2)cccc1-c1nc(-c2ccc(C(F)(F)F)cc2)cc(C(F)(F)F)n1. The minimum absolute atomic E-state index is 0.0303. The molecule has 0 aliphatic heterocycles. The van der Waals surface area contributed by atoms with Gasteiger partial charge >= 0.3 is 12.4 Å². The molecule has 1 heterocycles. The second kappa shape index (κ2) is 9.05. The summed E-state index contributed by atoms with van der Waals surface area (Å²) in [6, 6.07) is 16.7. The van der Waals surface area contributed by atoms with Gasteiger partial charge < -0.3 is 0 Å². The molecule has 0 atom stereocenters. The largest absolute Gasteiger partial charge is 0.433 e. The Morgan fingerprint density at radius 3 is 1.83 bits per heavy atom. The van der Waals surface area contributed by atoms with E-state index in [9.17, 15) is 34.8 Å². The number of nitrogens with zero attached hydrogens (tertiary/aromatic N) is 2. The van der Waals surface area contributed by atoms with E-state index in [1.165, 1.54) is 18.2 Å². The summed E-state index contributed by atoms with van der Waals surface area (Å²) in [5, 5.41) is 0. The molecular formula is C25H16F6N2O2S. The van der Waals surface area contributed by atoms with Crippen molar-refractivity contribution in [3.8, 4) is 33.8 Å². The standard InChI is InChI=1S/C25H16F6N2O2S/c1-36(34,35)22-18(15-6-3-2-4-7-15)8-5-9-19(22)23-32-20(14-21(33-23)25(29,30)31)16-10-12-17(13-11-16)24(26,27)28/h2-14H,1H3. The van der Waals surface area contributed by atoms with Gasteiger partial charge in [-0.2, -0.15) is 26.3 Å². The van der Waals surface area contributed by atoms with Gasteiger partial charge in [0.05, 0.1) is 16.2 Å². The molecule has 0 unspecified atom stereocenters. The van der Waals surface area contributed by atoms with E-state index in [-0.39, 0.29) is 27.3 Å². The molecular weight excluding hydrogens is 506 g/mol. The lowest BCUT2D eigenvalue weighted by molar-refractivity contribution is -0.141. The van der Waals surface area contributed by atoms with E-state index in [4.69, 9.17) is 0 Å². The summed E-state index contributed by atoms with van der Waals surface area (Å²) in [6.07, 6.45) is -8.64. The summed E-state index contributed by atoms with van der Waals surface area (Å²) in [7, 11) is -3.99. The van der Waals surface area contributed by atoms with Crippen molar-refractivity contribution in [3.05, 3.63) is 90.1 Å². The predicted molar refractivity (Wildman–Crippen MR) is 121 cm³/mol. The van der Waals surface area contributed by atoms with E-state index >= 15 is 0 Å². The fraction of sp³-hybridized carbons (Fsp3) is 0.120. The van der Waals surface area contributed by atoms with Crippen LogP contribution >= 0.6 is 0 Å². The minimum Gasteiger partial charge on any atom is -0.228 e. The normalized spacial score (nSPS) is 12.5. The number of alkyl halides is 6. The van der Waals surface area contributed by atoms with Crippen LogP contribution in [-0.2, 0) is 22.2 Å². The first-order valence-corrected chi connectivity index (χ1v) is 12.2. The van der Waals surface area contributed by atoms with Crippen LogP contribution in [0.5, 0.6) is 0 Å². The molecule has 36 heavy (non-hydrogen) atoms. The van der Waals surface area contributed by atoms with Gasteiger partial charge in [-0.3, -0.25) is 0 Å². The second-order valence-corrected chi connectivity index (χ2v) is 9.81. The van der Waals surface area contributed by atoms with E-state index in [1.54, 1.807) is 30.3 Å². The summed E-state index contributed by atoms with van der Waals surface area (Å²) in [4.78, 5) is 7.45. The zero-order chi connectivity index (χ0) is 26.3. The van der Waals surface area contributed by atoms with Gasteiger partial charge in [0, 0.05) is 22.9 Å². The number of sulfone groups is 1. The van der Waals surface area contributed by atoms with Gasteiger partial charge in [-0.25, -0.2) is 18.4 Å². The molecule has 0 aliphatic carbocycles. The van der Waals surface area contributed by atoms with Crippen molar-refractivity contribution in [2.45, 2.75) is 17.2 Å². The van der Waals surface area contributed by atoms with Crippen molar-refractivity contribution >= 4 is 9.84 Å². The Morgan fingerprint density at radius 2 is 1.28 bits per heavy atom. The van der Waals surface area contributed by atoms with Crippen molar-refractivity contribution in [3.63, 3.8) is 0 Å². The topological polar surface area (TPSA) is 59.9 Å². The molecule has 4 aromatic rings. The number of hydrogen-bond donors (Lipinski definition) is 0. The van der Waals surface area contributed by atoms with Gasteiger partial charge in [0.15, 0.2) is 15.7 Å². The molecule has 0 spiro atoms. The van der Waals surface area contributed by atoms with E-state index < -0.39 is 39.3 Å². The second-order valence-electron chi connectivity index (χ2n) is 7.86. The third-order valence-corrected chi connectivity index (χ3v) is 6.42. The van der Waals surface area contributed by atoms with Crippen LogP contribution in [0, 0.1) is 0 Å². The van der Waals surface area contributed by atoms with Crippen molar-refractivity contribution in [1.29, 1.82) is 0 Å². The fourth-order valence-electron chi connectivity index (χ4n) is 3.65. The molecule has 4 nitrogen and oxygen atoms in total. The van der Waals surface area contributed by atoms with Crippen LogP contribution in [0.15, 0.2) is 83.8 Å². The molecule has 0 bridgehead atoms. The number of hydrogen-bond acceptors (Lipinski definition) is 4. The van der Waals surface area contributed by atoms with Gasteiger partial charge in [-0.1, -0.05) is 54.6 Å². The Balaban J connectivity index is 1.98. The molecule has 186 valence electrons. The number of aromatic nitrogens is 2. The van der Waals surface area contributed by atoms with Gasteiger partial charge in [-0.15, -0.1) is 0 Å². The zero-order valence-electron chi connectivity index (χ0n) is 18.4. The Hall–Kier alpha value is -3.73. The minimum atomic E-state index is -4.93. The molecule has 4 rings (SSSR count). The van der Waals surface area contributed by atoms with Crippen molar-refractivity contribution in [2.75, 3.05) is 6.26 Å². The molecule has 0 aliphatic rings. The van der Waals surface area contributed by atoms with Crippen molar-refractivity contribution in [1.82, 2.24) is 9.97 Å². The first-order valence-electron chi connectivity index (χ1n) is 10.3. The lowest BCUT2D eigenvalue weighted by Crippen LogP contribution is -2.12. The van der Waals surface area contributed by atoms with E-state index in [0.717, 1.165) is 30.5 Å². The highest BCUT2D eigenvalue weighted by Crippen LogP contribution is 2.38. The van der Waals surface area contributed by atoms with Crippen LogP contribution in [-0.4, -0.2) is 24.6 Å². The summed E-state index contributed by atoms with van der Waals surface area (Å²) >= 11 is 0. The maximum atomic E-state index is 13.7. The van der Waals surface area contributed by atoms with Gasteiger partial charge in [0.2, 0.25) is 0 Å². The van der Waals surface area contributed by atoms with Crippen LogP contribution in [0.4, 0.5) is 26.3 Å². The van der Waals surface area contributed by atoms with Gasteiger partial charge in [-0.05, 0) is 29.8 Å². The molecule has 0 saturated heterocycles. The maximum absolute atomic E-state index is 13.7.